The van der Waals surface area contributed by atoms with Crippen molar-refractivity contribution in [2.75, 3.05) is 0 Å². The number of amides is 1. The van der Waals surface area contributed by atoms with E-state index in [1.807, 2.05) is 4.90 Å². The van der Waals surface area contributed by atoms with Gasteiger partial charge >= 0.3 is 12.3 Å². The molecule has 2 aliphatic rings. The van der Waals surface area contributed by atoms with Crippen molar-refractivity contribution in [1.82, 2.24) is 19.2 Å². The van der Waals surface area contributed by atoms with Crippen molar-refractivity contribution >= 4 is 22.9 Å². The number of hydrogen-bond donors (Lipinski definition) is 1. The Hall–Kier alpha value is -3.34. The predicted molar refractivity (Wildman–Crippen MR) is 137 cm³/mol. The van der Waals surface area contributed by atoms with Crippen LogP contribution in [0.1, 0.15) is 68.6 Å². The first-order valence-corrected chi connectivity index (χ1v) is 13.1. The molecule has 2 aromatic heterocycles. The number of carbonyl (C=O) groups excluding carboxylic acids is 2. The molecule has 1 aromatic carbocycles. The van der Waals surface area contributed by atoms with Crippen LogP contribution in [0.2, 0.25) is 0 Å². The smallest absolute Gasteiger partial charge is 0.435 e. The number of hydrogen-bond acceptors (Lipinski definition) is 5. The Balaban J connectivity index is 1.40. The predicted octanol–water partition coefficient (Wildman–Crippen LogP) is 5.10. The number of benzene rings is 1. The summed E-state index contributed by atoms with van der Waals surface area (Å²) < 4.78 is 47.9. The second-order valence-corrected chi connectivity index (χ2v) is 11.8. The lowest BCUT2D eigenvalue weighted by Gasteiger charge is -2.34. The molecule has 8 nitrogen and oxygen atoms in total. The summed E-state index contributed by atoms with van der Waals surface area (Å²) in [5.41, 5.74) is -0.983. The Labute approximate surface area is 224 Å². The Morgan fingerprint density at radius 1 is 1.10 bits per heavy atom. The molecule has 2 aliphatic carbocycles. The highest BCUT2D eigenvalue weighted by Crippen LogP contribution is 2.37. The maximum Gasteiger partial charge on any atom is 0.435 e. The van der Waals surface area contributed by atoms with Crippen LogP contribution in [0.3, 0.4) is 0 Å². The van der Waals surface area contributed by atoms with Gasteiger partial charge in [-0.05, 0) is 83.6 Å². The molecule has 3 aromatic rings. The third-order valence-electron chi connectivity index (χ3n) is 7.33. The van der Waals surface area contributed by atoms with Gasteiger partial charge in [0.25, 0.3) is 5.91 Å². The number of aliphatic hydroxyl groups is 1. The Bertz CT molecular complexity index is 1410. The van der Waals surface area contributed by atoms with Gasteiger partial charge in [-0.1, -0.05) is 6.07 Å². The normalized spacial score (nSPS) is 19.4. The molecule has 2 unspecified atom stereocenters. The third-order valence-corrected chi connectivity index (χ3v) is 7.33. The highest BCUT2D eigenvalue weighted by molar-refractivity contribution is 6.07. The first-order valence-electron chi connectivity index (χ1n) is 13.1. The largest absolute Gasteiger partial charge is 0.442 e. The van der Waals surface area contributed by atoms with Crippen molar-refractivity contribution in [1.29, 1.82) is 0 Å². The number of halogens is 3. The van der Waals surface area contributed by atoms with E-state index >= 15 is 0 Å². The van der Waals surface area contributed by atoms with Crippen molar-refractivity contribution in [3.8, 4) is 0 Å². The van der Waals surface area contributed by atoms with Crippen molar-refractivity contribution in [3.63, 3.8) is 0 Å². The molecular weight excluding hydrogens is 513 g/mol. The Morgan fingerprint density at radius 2 is 1.82 bits per heavy atom. The molecule has 0 radical (unpaired) electrons. The van der Waals surface area contributed by atoms with E-state index in [2.05, 4.69) is 5.10 Å². The van der Waals surface area contributed by atoms with E-state index < -0.39 is 30.0 Å². The monoisotopic (exact) mass is 546 g/mol. The van der Waals surface area contributed by atoms with Crippen LogP contribution in [-0.2, 0) is 24.1 Å². The molecule has 0 bridgehead atoms. The van der Waals surface area contributed by atoms with Gasteiger partial charge in [0, 0.05) is 40.9 Å². The summed E-state index contributed by atoms with van der Waals surface area (Å²) in [5.74, 6) is -0.170. The lowest BCUT2D eigenvalue weighted by atomic mass is 9.91. The van der Waals surface area contributed by atoms with Crippen molar-refractivity contribution < 1.29 is 32.6 Å². The van der Waals surface area contributed by atoms with E-state index in [9.17, 15) is 27.9 Å². The summed E-state index contributed by atoms with van der Waals surface area (Å²) in [7, 11) is 0. The van der Waals surface area contributed by atoms with E-state index in [4.69, 9.17) is 4.74 Å². The average Bonchev–Trinajstić information content (AvgIpc) is 3.42. The number of alkyl halides is 3. The zero-order chi connectivity index (χ0) is 28.3. The molecule has 1 saturated carbocycles. The van der Waals surface area contributed by atoms with Crippen LogP contribution in [0.25, 0.3) is 10.9 Å². The lowest BCUT2D eigenvalue weighted by molar-refractivity contribution is -0.257. The maximum absolute atomic E-state index is 14.0. The Morgan fingerprint density at radius 3 is 2.46 bits per heavy atom. The lowest BCUT2D eigenvalue weighted by Crippen LogP contribution is -2.45. The molecule has 0 aliphatic heterocycles. The molecule has 1 fully saturated rings. The summed E-state index contributed by atoms with van der Waals surface area (Å²) >= 11 is 0. The fraction of sp³-hybridized carbons (Fsp3) is 0.536. The van der Waals surface area contributed by atoms with Gasteiger partial charge in [-0.2, -0.15) is 23.0 Å². The first kappa shape index (κ1) is 27.2. The van der Waals surface area contributed by atoms with E-state index in [-0.39, 0.29) is 18.0 Å². The van der Waals surface area contributed by atoms with Gasteiger partial charge in [-0.3, -0.25) is 4.79 Å². The zero-order valence-electron chi connectivity index (χ0n) is 22.5. The highest BCUT2D eigenvalue weighted by atomic mass is 19.4. The van der Waals surface area contributed by atoms with Gasteiger partial charge in [0.1, 0.15) is 5.60 Å². The van der Waals surface area contributed by atoms with E-state index in [0.29, 0.717) is 35.7 Å². The van der Waals surface area contributed by atoms with Crippen LogP contribution in [0, 0.1) is 0 Å². The second-order valence-electron chi connectivity index (χ2n) is 11.8. The van der Waals surface area contributed by atoms with E-state index in [0.717, 1.165) is 31.0 Å². The zero-order valence-corrected chi connectivity index (χ0v) is 22.5. The molecule has 1 N–H and O–H groups in total. The molecule has 210 valence electrons. The van der Waals surface area contributed by atoms with Crippen molar-refractivity contribution in [3.05, 3.63) is 53.5 Å². The SMILES string of the molecule is CC(C)(C)OC(=O)n1cc2c(n1)CCC(N(C(=O)c1cccc3c1ccn3CC(C)(O)C(F)(F)F)C1CC1)C2. The van der Waals surface area contributed by atoms with Gasteiger partial charge in [0.05, 0.1) is 12.2 Å². The average molecular weight is 547 g/mol. The quantitative estimate of drug-likeness (QED) is 0.481. The summed E-state index contributed by atoms with van der Waals surface area (Å²) in [6.45, 7) is 5.42. The van der Waals surface area contributed by atoms with Crippen LogP contribution < -0.4 is 0 Å². The number of aryl methyl sites for hydroxylation is 1. The van der Waals surface area contributed by atoms with Gasteiger partial charge < -0.3 is 19.3 Å². The van der Waals surface area contributed by atoms with Crippen LogP contribution in [0.4, 0.5) is 18.0 Å². The van der Waals surface area contributed by atoms with Gasteiger partial charge in [0.2, 0.25) is 0 Å². The minimum absolute atomic E-state index is 0.0910. The number of carbonyl (C=O) groups is 2. The Kier molecular flexibility index (Phi) is 6.56. The molecule has 2 atom stereocenters. The van der Waals surface area contributed by atoms with Crippen LogP contribution >= 0.6 is 0 Å². The summed E-state index contributed by atoms with van der Waals surface area (Å²) in [5, 5.41) is 15.0. The van der Waals surface area contributed by atoms with Gasteiger partial charge in [-0.15, -0.1) is 0 Å². The van der Waals surface area contributed by atoms with Crippen LogP contribution in [0.15, 0.2) is 36.7 Å². The van der Waals surface area contributed by atoms with Gasteiger partial charge in [-0.25, -0.2) is 4.79 Å². The topological polar surface area (TPSA) is 89.6 Å². The molecule has 11 heteroatoms. The highest BCUT2D eigenvalue weighted by Gasteiger charge is 2.50. The molecule has 39 heavy (non-hydrogen) atoms. The number of ether oxygens (including phenoxy) is 1. The standard InChI is InChI=1S/C28H33F3N4O4/c1-26(2,3)39-25(37)34-15-17-14-19(10-11-22(17)32-34)35(18-8-9-18)24(36)21-6-5-7-23-20(21)12-13-33(23)16-27(4,38)28(29,30)31/h5-7,12-13,15,18-19,38H,8-11,14,16H2,1-4H3. The van der Waals surface area contributed by atoms with Crippen LogP contribution in [-0.4, -0.2) is 65.8 Å². The van der Waals surface area contributed by atoms with E-state index in [1.54, 1.807) is 51.2 Å². The molecule has 1 amide bonds. The summed E-state index contributed by atoms with van der Waals surface area (Å²) in [6.07, 6.45) is 1.42. The maximum atomic E-state index is 14.0. The van der Waals surface area contributed by atoms with Gasteiger partial charge in [0.15, 0.2) is 5.60 Å². The van der Waals surface area contributed by atoms with Crippen molar-refractivity contribution in [2.45, 2.75) is 95.8 Å². The molecule has 0 saturated heterocycles. The minimum atomic E-state index is -4.79. The third kappa shape index (κ3) is 5.41. The fourth-order valence-corrected chi connectivity index (χ4v) is 5.22. The first-order chi connectivity index (χ1) is 18.1. The fourth-order valence-electron chi connectivity index (χ4n) is 5.22. The van der Waals surface area contributed by atoms with Crippen LogP contribution in [0.5, 0.6) is 0 Å². The second kappa shape index (κ2) is 9.39. The number of aromatic nitrogens is 3. The van der Waals surface area contributed by atoms with Crippen molar-refractivity contribution in [2.24, 2.45) is 0 Å². The number of fused-ring (bicyclic) bond motifs is 2. The molecule has 0 spiro atoms. The summed E-state index contributed by atoms with van der Waals surface area (Å²) in [4.78, 5) is 28.4. The molecule has 5 rings (SSSR count). The van der Waals surface area contributed by atoms with E-state index in [1.165, 1.54) is 15.4 Å². The number of rotatable bonds is 5. The number of nitrogens with zero attached hydrogens (tertiary/aromatic N) is 4. The molecular formula is C28H33F3N4O4. The molecule has 2 heterocycles. The summed E-state index contributed by atoms with van der Waals surface area (Å²) in [6, 6.07) is 6.62. The minimum Gasteiger partial charge on any atom is -0.442 e.